The third-order valence-corrected chi connectivity index (χ3v) is 5.38. The molecule has 4 rings (SSSR count). The first-order chi connectivity index (χ1) is 14.1. The molecule has 0 bridgehead atoms. The summed E-state index contributed by atoms with van der Waals surface area (Å²) >= 11 is 0. The minimum Gasteiger partial charge on any atom is -0.394 e. The third-order valence-electron chi connectivity index (χ3n) is 5.38. The SMILES string of the molecule is Nc1nc(C#CCOC2CCCCC2)nc2c1ncn2[C@@H]1O[C@H](CO)[C@@H](O)[C@H]1O. The summed E-state index contributed by atoms with van der Waals surface area (Å²) in [6, 6.07) is 0. The van der Waals surface area contributed by atoms with Crippen molar-refractivity contribution in [3.05, 3.63) is 12.2 Å². The second-order valence-corrected chi connectivity index (χ2v) is 7.36. The number of hydrogen-bond acceptors (Lipinski definition) is 9. The molecule has 0 amide bonds. The number of aliphatic hydroxyl groups excluding tert-OH is 3. The fraction of sp³-hybridized carbons (Fsp3) is 0.632. The predicted molar refractivity (Wildman–Crippen MR) is 102 cm³/mol. The number of fused-ring (bicyclic) bond motifs is 1. The van der Waals surface area contributed by atoms with E-state index in [1.165, 1.54) is 30.2 Å². The molecule has 1 aliphatic heterocycles. The molecule has 0 spiro atoms. The molecule has 0 unspecified atom stereocenters. The van der Waals surface area contributed by atoms with Gasteiger partial charge in [-0.1, -0.05) is 25.2 Å². The van der Waals surface area contributed by atoms with Crippen LogP contribution in [0.2, 0.25) is 0 Å². The quantitative estimate of drug-likeness (QED) is 0.506. The highest BCUT2D eigenvalue weighted by atomic mass is 16.6. The van der Waals surface area contributed by atoms with Crippen molar-refractivity contribution in [2.75, 3.05) is 18.9 Å². The molecule has 3 heterocycles. The summed E-state index contributed by atoms with van der Waals surface area (Å²) in [5.41, 5.74) is 6.65. The van der Waals surface area contributed by atoms with Gasteiger partial charge in [-0.05, 0) is 18.8 Å². The Balaban J connectivity index is 1.53. The van der Waals surface area contributed by atoms with E-state index in [1.807, 2.05) is 0 Å². The van der Waals surface area contributed by atoms with Crippen LogP contribution in [0.3, 0.4) is 0 Å². The molecule has 29 heavy (non-hydrogen) atoms. The average Bonchev–Trinajstić information content (AvgIpc) is 3.28. The number of anilines is 1. The maximum Gasteiger partial charge on any atom is 0.209 e. The van der Waals surface area contributed by atoms with Crippen LogP contribution in [0.5, 0.6) is 0 Å². The highest BCUT2D eigenvalue weighted by Gasteiger charge is 2.44. The van der Waals surface area contributed by atoms with Gasteiger partial charge in [0.25, 0.3) is 0 Å². The number of nitrogens with zero attached hydrogens (tertiary/aromatic N) is 4. The lowest BCUT2D eigenvalue weighted by molar-refractivity contribution is -0.0511. The molecule has 2 aromatic heterocycles. The minimum atomic E-state index is -1.25. The van der Waals surface area contributed by atoms with E-state index in [0.29, 0.717) is 17.8 Å². The fourth-order valence-corrected chi connectivity index (χ4v) is 3.80. The van der Waals surface area contributed by atoms with E-state index < -0.39 is 31.1 Å². The Kier molecular flexibility index (Phi) is 5.94. The smallest absolute Gasteiger partial charge is 0.209 e. The van der Waals surface area contributed by atoms with Crippen molar-refractivity contribution in [2.24, 2.45) is 0 Å². The highest BCUT2D eigenvalue weighted by Crippen LogP contribution is 2.31. The summed E-state index contributed by atoms with van der Waals surface area (Å²) in [7, 11) is 0. The van der Waals surface area contributed by atoms with E-state index in [0.717, 1.165) is 12.8 Å². The first-order valence-electron chi connectivity index (χ1n) is 9.81. The molecule has 10 nitrogen and oxygen atoms in total. The molecular formula is C19H25N5O5. The second kappa shape index (κ2) is 8.61. The summed E-state index contributed by atoms with van der Waals surface area (Å²) in [6.45, 7) is -0.129. The van der Waals surface area contributed by atoms with E-state index in [4.69, 9.17) is 15.2 Å². The van der Waals surface area contributed by atoms with Crippen molar-refractivity contribution in [3.8, 4) is 11.8 Å². The number of aliphatic hydroxyl groups is 3. The van der Waals surface area contributed by atoms with Gasteiger partial charge in [-0.25, -0.2) is 15.0 Å². The van der Waals surface area contributed by atoms with E-state index in [2.05, 4.69) is 26.8 Å². The molecule has 0 aromatic carbocycles. The van der Waals surface area contributed by atoms with Gasteiger partial charge in [0.1, 0.15) is 30.4 Å². The lowest BCUT2D eigenvalue weighted by Crippen LogP contribution is -2.33. The van der Waals surface area contributed by atoms with Gasteiger partial charge in [0.15, 0.2) is 17.7 Å². The molecule has 1 saturated heterocycles. The summed E-state index contributed by atoms with van der Waals surface area (Å²) in [5, 5.41) is 29.6. The molecule has 2 aromatic rings. The third kappa shape index (κ3) is 4.05. The molecule has 2 fully saturated rings. The maximum absolute atomic E-state index is 10.3. The van der Waals surface area contributed by atoms with E-state index in [-0.39, 0.29) is 17.7 Å². The number of nitrogens with two attached hydrogens (primary N) is 1. The zero-order valence-corrected chi connectivity index (χ0v) is 15.9. The standard InChI is InChI=1S/C19H25N5O5/c20-17-14-18(24(10-21-14)19-16(27)15(26)12(9-25)29-19)23-13(22-17)7-4-8-28-11-5-2-1-3-6-11/h10-12,15-16,19,25-27H,1-3,5-6,8-9H2,(H2,20,22,23)/t12-,15-,16-,19-/m1/s1. The van der Waals surface area contributed by atoms with E-state index in [1.54, 1.807) is 0 Å². The zero-order valence-electron chi connectivity index (χ0n) is 15.9. The number of ether oxygens (including phenoxy) is 2. The van der Waals surface area contributed by atoms with Gasteiger partial charge in [0.2, 0.25) is 5.82 Å². The average molecular weight is 403 g/mol. The zero-order chi connectivity index (χ0) is 20.4. The first-order valence-corrected chi connectivity index (χ1v) is 9.81. The normalized spacial score (nSPS) is 27.8. The van der Waals surface area contributed by atoms with Gasteiger partial charge in [-0.15, -0.1) is 0 Å². The lowest BCUT2D eigenvalue weighted by Gasteiger charge is -2.20. The Morgan fingerprint density at radius 1 is 1.21 bits per heavy atom. The predicted octanol–water partition coefficient (Wildman–Crippen LogP) is -0.279. The summed E-state index contributed by atoms with van der Waals surface area (Å²) in [5.74, 6) is 6.13. The second-order valence-electron chi connectivity index (χ2n) is 7.36. The van der Waals surface area contributed by atoms with Gasteiger partial charge < -0.3 is 30.5 Å². The molecular weight excluding hydrogens is 378 g/mol. The van der Waals surface area contributed by atoms with Crippen LogP contribution in [0.25, 0.3) is 11.2 Å². The fourth-order valence-electron chi connectivity index (χ4n) is 3.80. The van der Waals surface area contributed by atoms with Gasteiger partial charge in [0.05, 0.1) is 19.0 Å². The molecule has 156 valence electrons. The summed E-state index contributed by atoms with van der Waals surface area (Å²) in [6.07, 6.45) is 3.12. The number of hydrogen-bond donors (Lipinski definition) is 4. The van der Waals surface area contributed by atoms with Crippen LogP contribution in [0.4, 0.5) is 5.82 Å². The minimum absolute atomic E-state index is 0.151. The number of nitrogen functional groups attached to an aromatic ring is 1. The van der Waals surface area contributed by atoms with Crippen LogP contribution in [0, 0.1) is 11.8 Å². The Labute approximate surface area is 167 Å². The van der Waals surface area contributed by atoms with Crippen molar-refractivity contribution in [1.29, 1.82) is 0 Å². The van der Waals surface area contributed by atoms with Crippen LogP contribution < -0.4 is 5.73 Å². The largest absolute Gasteiger partial charge is 0.394 e. The molecule has 1 aliphatic carbocycles. The van der Waals surface area contributed by atoms with Crippen molar-refractivity contribution in [1.82, 2.24) is 19.5 Å². The molecule has 10 heteroatoms. The van der Waals surface area contributed by atoms with Crippen LogP contribution in [0.1, 0.15) is 44.2 Å². The maximum atomic E-state index is 10.3. The monoisotopic (exact) mass is 403 g/mol. The van der Waals surface area contributed by atoms with E-state index in [9.17, 15) is 15.3 Å². The molecule has 2 aliphatic rings. The Hall–Kier alpha value is -2.29. The Morgan fingerprint density at radius 2 is 2.00 bits per heavy atom. The Morgan fingerprint density at radius 3 is 2.72 bits per heavy atom. The topological polar surface area (TPSA) is 149 Å². The summed E-state index contributed by atoms with van der Waals surface area (Å²) in [4.78, 5) is 12.7. The molecule has 1 saturated carbocycles. The van der Waals surface area contributed by atoms with Gasteiger partial charge in [-0.3, -0.25) is 4.57 Å². The molecule has 5 N–H and O–H groups in total. The number of rotatable bonds is 4. The lowest BCUT2D eigenvalue weighted by atomic mass is 9.98. The van der Waals surface area contributed by atoms with Gasteiger partial charge in [-0.2, -0.15) is 0 Å². The van der Waals surface area contributed by atoms with Crippen LogP contribution >= 0.6 is 0 Å². The van der Waals surface area contributed by atoms with Crippen LogP contribution in [0.15, 0.2) is 6.33 Å². The summed E-state index contributed by atoms with van der Waals surface area (Å²) < 4.78 is 12.8. The number of imidazole rings is 1. The van der Waals surface area contributed by atoms with Gasteiger partial charge in [0, 0.05) is 0 Å². The molecule has 4 atom stereocenters. The molecule has 0 radical (unpaired) electrons. The van der Waals surface area contributed by atoms with Crippen molar-refractivity contribution >= 4 is 17.0 Å². The van der Waals surface area contributed by atoms with Crippen molar-refractivity contribution in [3.63, 3.8) is 0 Å². The van der Waals surface area contributed by atoms with Crippen molar-refractivity contribution in [2.45, 2.75) is 62.7 Å². The van der Waals surface area contributed by atoms with Crippen molar-refractivity contribution < 1.29 is 24.8 Å². The van der Waals surface area contributed by atoms with Gasteiger partial charge >= 0.3 is 0 Å². The van der Waals surface area contributed by atoms with Crippen LogP contribution in [-0.2, 0) is 9.47 Å². The highest BCUT2D eigenvalue weighted by molar-refractivity contribution is 5.82. The number of aromatic nitrogens is 4. The Bertz CT molecular complexity index is 917. The van der Waals surface area contributed by atoms with Crippen LogP contribution in [-0.4, -0.2) is 72.5 Å². The van der Waals surface area contributed by atoms with E-state index >= 15 is 0 Å². The first kappa shape index (κ1) is 20.0.